The van der Waals surface area contributed by atoms with Crippen molar-refractivity contribution in [3.63, 3.8) is 0 Å². The molecule has 5 heteroatoms. The molecule has 0 aliphatic rings. The fraction of sp³-hybridized carbons (Fsp3) is 0.0833. The van der Waals surface area contributed by atoms with Crippen LogP contribution in [-0.4, -0.2) is 6.21 Å². The lowest BCUT2D eigenvalue weighted by atomic mass is 10.2. The molecule has 17 heavy (non-hydrogen) atoms. The van der Waals surface area contributed by atoms with E-state index >= 15 is 0 Å². The smallest absolute Gasteiger partial charge is 0.0705 e. The van der Waals surface area contributed by atoms with Crippen LogP contribution < -0.4 is 5.43 Å². The van der Waals surface area contributed by atoms with E-state index in [-0.39, 0.29) is 0 Å². The van der Waals surface area contributed by atoms with Gasteiger partial charge in [-0.3, -0.25) is 0 Å². The molecule has 1 N–H and O–H groups in total. The third kappa shape index (κ3) is 4.15. The summed E-state index contributed by atoms with van der Waals surface area (Å²) in [5.74, 6) is 0. The number of hydrazone groups is 1. The van der Waals surface area contributed by atoms with Crippen LogP contribution in [0.5, 0.6) is 0 Å². The number of nitrogens with zero attached hydrogens (tertiary/aromatic N) is 1. The molecule has 1 heterocycles. The molecule has 0 aliphatic heterocycles. The second-order valence-corrected chi connectivity index (χ2v) is 6.29. The van der Waals surface area contributed by atoms with Crippen LogP contribution in [0.4, 0.5) is 0 Å². The molecule has 0 fully saturated rings. The Morgan fingerprint density at radius 2 is 2.00 bits per heavy atom. The van der Waals surface area contributed by atoms with Gasteiger partial charge in [0.15, 0.2) is 0 Å². The van der Waals surface area contributed by atoms with E-state index in [0.29, 0.717) is 6.54 Å². The quantitative estimate of drug-likeness (QED) is 0.657. The lowest BCUT2D eigenvalue weighted by Crippen LogP contribution is -2.04. The average Bonchev–Trinajstić information content (AvgIpc) is 2.73. The molecule has 1 aromatic heterocycles. The molecule has 2 aromatic rings. The van der Waals surface area contributed by atoms with Gasteiger partial charge in [0.1, 0.15) is 0 Å². The van der Waals surface area contributed by atoms with Gasteiger partial charge in [0.05, 0.1) is 16.5 Å². The number of halogens is 2. The first-order valence-corrected chi connectivity index (χ1v) is 6.98. The number of nitrogens with one attached hydrogen (secondary N) is 1. The Bertz CT molecular complexity index is 507. The maximum atomic E-state index is 5.80. The molecule has 0 radical (unpaired) electrons. The molecule has 0 atom stereocenters. The van der Waals surface area contributed by atoms with Crippen molar-refractivity contribution in [1.29, 1.82) is 0 Å². The first kappa shape index (κ1) is 12.6. The first-order chi connectivity index (χ1) is 8.24. The Kier molecular flexibility index (Phi) is 4.59. The summed E-state index contributed by atoms with van der Waals surface area (Å²) in [6.07, 6.45) is 1.81. The Labute approximate surface area is 117 Å². The highest BCUT2D eigenvalue weighted by Crippen LogP contribution is 2.20. The average molecular weight is 330 g/mol. The van der Waals surface area contributed by atoms with Crippen LogP contribution in [0.15, 0.2) is 45.3 Å². The summed E-state index contributed by atoms with van der Waals surface area (Å²) in [6.45, 7) is 0.695. The minimum absolute atomic E-state index is 0.695. The second kappa shape index (κ2) is 6.19. The van der Waals surface area contributed by atoms with Gasteiger partial charge in [0, 0.05) is 9.90 Å². The van der Waals surface area contributed by atoms with Crippen molar-refractivity contribution in [2.24, 2.45) is 5.10 Å². The third-order valence-corrected chi connectivity index (χ3v) is 3.88. The topological polar surface area (TPSA) is 24.4 Å². The zero-order valence-electron chi connectivity index (χ0n) is 8.86. The number of hydrogen-bond acceptors (Lipinski definition) is 3. The molecule has 0 bridgehead atoms. The van der Waals surface area contributed by atoms with E-state index in [0.717, 1.165) is 19.2 Å². The SMILES string of the molecule is Clc1ccc(CN/N=C\c2ccc(Br)s2)cc1. The number of benzene rings is 1. The van der Waals surface area contributed by atoms with Crippen LogP contribution in [0.2, 0.25) is 5.02 Å². The standard InChI is InChI=1S/C12H10BrClN2S/c13-12-6-5-11(17-12)8-16-15-7-9-1-3-10(14)4-2-9/h1-6,8,15H,7H2/b16-8-. The molecular weight excluding hydrogens is 320 g/mol. The Balaban J connectivity index is 1.83. The molecule has 0 aliphatic carbocycles. The Morgan fingerprint density at radius 1 is 1.24 bits per heavy atom. The van der Waals surface area contributed by atoms with E-state index in [1.165, 1.54) is 0 Å². The number of rotatable bonds is 4. The van der Waals surface area contributed by atoms with E-state index in [4.69, 9.17) is 11.6 Å². The van der Waals surface area contributed by atoms with Crippen molar-refractivity contribution in [3.8, 4) is 0 Å². The number of hydrogen-bond donors (Lipinski definition) is 1. The van der Waals surface area contributed by atoms with Gasteiger partial charge in [-0.15, -0.1) is 11.3 Å². The zero-order chi connectivity index (χ0) is 12.1. The van der Waals surface area contributed by atoms with Crippen molar-refractivity contribution in [1.82, 2.24) is 5.43 Å². The minimum Gasteiger partial charge on any atom is -0.306 e. The summed E-state index contributed by atoms with van der Waals surface area (Å²) in [7, 11) is 0. The summed E-state index contributed by atoms with van der Waals surface area (Å²) < 4.78 is 1.11. The molecule has 0 saturated heterocycles. The van der Waals surface area contributed by atoms with Crippen molar-refractivity contribution in [2.75, 3.05) is 0 Å². The van der Waals surface area contributed by atoms with Crippen LogP contribution in [-0.2, 0) is 6.54 Å². The number of thiophene rings is 1. The highest BCUT2D eigenvalue weighted by Gasteiger charge is 1.93. The van der Waals surface area contributed by atoms with E-state index in [9.17, 15) is 0 Å². The summed E-state index contributed by atoms with van der Waals surface area (Å²) in [6, 6.07) is 11.7. The molecule has 1 aromatic carbocycles. The van der Waals surface area contributed by atoms with Crippen LogP contribution in [0, 0.1) is 0 Å². The third-order valence-electron chi connectivity index (χ3n) is 2.07. The van der Waals surface area contributed by atoms with Crippen LogP contribution in [0.1, 0.15) is 10.4 Å². The van der Waals surface area contributed by atoms with E-state index in [2.05, 4.69) is 26.5 Å². The Morgan fingerprint density at radius 3 is 2.65 bits per heavy atom. The summed E-state index contributed by atoms with van der Waals surface area (Å²) in [5.41, 5.74) is 4.15. The predicted octanol–water partition coefficient (Wildman–Crippen LogP) is 4.29. The molecule has 2 nitrogen and oxygen atoms in total. The molecule has 0 unspecified atom stereocenters. The fourth-order valence-electron chi connectivity index (χ4n) is 1.25. The zero-order valence-corrected chi connectivity index (χ0v) is 12.0. The van der Waals surface area contributed by atoms with Gasteiger partial charge in [-0.2, -0.15) is 5.10 Å². The highest BCUT2D eigenvalue weighted by molar-refractivity contribution is 9.11. The monoisotopic (exact) mass is 328 g/mol. The maximum Gasteiger partial charge on any atom is 0.0705 e. The van der Waals surface area contributed by atoms with E-state index in [1.807, 2.05) is 42.6 Å². The lowest BCUT2D eigenvalue weighted by Gasteiger charge is -2.00. The first-order valence-electron chi connectivity index (χ1n) is 5.00. The molecule has 0 amide bonds. The second-order valence-electron chi connectivity index (χ2n) is 3.36. The van der Waals surface area contributed by atoms with Gasteiger partial charge in [-0.1, -0.05) is 23.7 Å². The molecule has 2 rings (SSSR count). The maximum absolute atomic E-state index is 5.80. The van der Waals surface area contributed by atoms with E-state index < -0.39 is 0 Å². The van der Waals surface area contributed by atoms with Crippen molar-refractivity contribution >= 4 is 45.1 Å². The van der Waals surface area contributed by atoms with Gasteiger partial charge in [-0.05, 0) is 45.8 Å². The fourth-order valence-corrected chi connectivity index (χ4v) is 2.67. The van der Waals surface area contributed by atoms with Gasteiger partial charge < -0.3 is 5.43 Å². The summed E-state index contributed by atoms with van der Waals surface area (Å²) in [4.78, 5) is 1.11. The van der Waals surface area contributed by atoms with Crippen LogP contribution >= 0.6 is 38.9 Å². The van der Waals surface area contributed by atoms with Gasteiger partial charge >= 0.3 is 0 Å². The van der Waals surface area contributed by atoms with E-state index in [1.54, 1.807) is 11.3 Å². The molecular formula is C12H10BrClN2S. The Hall–Kier alpha value is -0.840. The summed E-state index contributed by atoms with van der Waals surface area (Å²) in [5, 5.41) is 4.90. The molecule has 0 spiro atoms. The largest absolute Gasteiger partial charge is 0.306 e. The predicted molar refractivity (Wildman–Crippen MR) is 77.9 cm³/mol. The van der Waals surface area contributed by atoms with Crippen molar-refractivity contribution < 1.29 is 0 Å². The molecule has 88 valence electrons. The van der Waals surface area contributed by atoms with Gasteiger partial charge in [0.25, 0.3) is 0 Å². The minimum atomic E-state index is 0.695. The van der Waals surface area contributed by atoms with Gasteiger partial charge in [0.2, 0.25) is 0 Å². The van der Waals surface area contributed by atoms with Crippen molar-refractivity contribution in [3.05, 3.63) is 55.6 Å². The highest BCUT2D eigenvalue weighted by atomic mass is 79.9. The molecule has 0 saturated carbocycles. The summed E-state index contributed by atoms with van der Waals surface area (Å²) >= 11 is 10.9. The van der Waals surface area contributed by atoms with Crippen LogP contribution in [0.3, 0.4) is 0 Å². The van der Waals surface area contributed by atoms with Crippen molar-refractivity contribution in [2.45, 2.75) is 6.54 Å². The van der Waals surface area contributed by atoms with Gasteiger partial charge in [-0.25, -0.2) is 0 Å². The lowest BCUT2D eigenvalue weighted by molar-refractivity contribution is 0.748. The van der Waals surface area contributed by atoms with Crippen LogP contribution in [0.25, 0.3) is 0 Å². The normalized spacial score (nSPS) is 10.9.